The van der Waals surface area contributed by atoms with Crippen LogP contribution in [0.2, 0.25) is 0 Å². The SMILES string of the molecule is c1ccc(-c2cccc(-c3nc(-n4c5ccccc5c5c6sc7ccccc7c6ccc54)nc4oc5ccccc5c34)c2)cc1. The van der Waals surface area contributed by atoms with Gasteiger partial charge in [-0.05, 0) is 41.5 Å². The van der Waals surface area contributed by atoms with E-state index < -0.39 is 0 Å². The molecule has 0 fully saturated rings. The van der Waals surface area contributed by atoms with Gasteiger partial charge in [0.25, 0.3) is 0 Å². The van der Waals surface area contributed by atoms with Crippen molar-refractivity contribution in [3.63, 3.8) is 0 Å². The molecule has 0 amide bonds. The maximum absolute atomic E-state index is 6.44. The molecule has 0 aliphatic rings. The molecule has 6 aromatic carbocycles. The van der Waals surface area contributed by atoms with Crippen molar-refractivity contribution in [3.8, 4) is 28.3 Å². The van der Waals surface area contributed by atoms with Gasteiger partial charge in [-0.2, -0.15) is 4.98 Å². The summed E-state index contributed by atoms with van der Waals surface area (Å²) in [4.78, 5) is 10.5. The maximum atomic E-state index is 6.44. The lowest BCUT2D eigenvalue weighted by Crippen LogP contribution is -2.02. The Morgan fingerprint density at radius 3 is 2.16 bits per heavy atom. The van der Waals surface area contributed by atoms with Crippen LogP contribution in [0.3, 0.4) is 0 Å². The summed E-state index contributed by atoms with van der Waals surface area (Å²) in [5.41, 5.74) is 7.70. The number of aromatic nitrogens is 3. The second-order valence-electron chi connectivity index (χ2n) is 11.4. The fourth-order valence-electron chi connectivity index (χ4n) is 6.85. The number of benzene rings is 6. The number of rotatable bonds is 3. The number of hydrogen-bond acceptors (Lipinski definition) is 4. The molecule has 0 saturated heterocycles. The molecule has 45 heavy (non-hydrogen) atoms. The first kappa shape index (κ1) is 24.6. The van der Waals surface area contributed by atoms with Gasteiger partial charge in [-0.3, -0.25) is 4.57 Å². The zero-order valence-electron chi connectivity index (χ0n) is 23.9. The molecule has 0 aliphatic heterocycles. The Morgan fingerprint density at radius 1 is 0.511 bits per heavy atom. The topological polar surface area (TPSA) is 43.9 Å². The summed E-state index contributed by atoms with van der Waals surface area (Å²) in [7, 11) is 0. The first-order valence-electron chi connectivity index (χ1n) is 15.0. The van der Waals surface area contributed by atoms with Crippen LogP contribution in [0.4, 0.5) is 0 Å². The molecule has 10 aromatic rings. The molecule has 4 nitrogen and oxygen atoms in total. The summed E-state index contributed by atoms with van der Waals surface area (Å²) in [5, 5.41) is 6.91. The Kier molecular flexibility index (Phi) is 5.12. The van der Waals surface area contributed by atoms with E-state index in [0.717, 1.165) is 49.8 Å². The van der Waals surface area contributed by atoms with E-state index in [1.807, 2.05) is 35.6 Å². The van der Waals surface area contributed by atoms with Crippen molar-refractivity contribution < 1.29 is 4.42 Å². The quantitative estimate of drug-likeness (QED) is 0.205. The van der Waals surface area contributed by atoms with Crippen LogP contribution >= 0.6 is 11.3 Å². The van der Waals surface area contributed by atoms with Crippen LogP contribution in [0.5, 0.6) is 0 Å². The highest BCUT2D eigenvalue weighted by atomic mass is 32.1. The lowest BCUT2D eigenvalue weighted by atomic mass is 10.00. The van der Waals surface area contributed by atoms with Crippen LogP contribution in [-0.4, -0.2) is 14.5 Å². The van der Waals surface area contributed by atoms with Crippen molar-refractivity contribution in [1.82, 2.24) is 14.5 Å². The van der Waals surface area contributed by atoms with E-state index in [1.54, 1.807) is 0 Å². The molecule has 5 heteroatoms. The predicted octanol–water partition coefficient (Wildman–Crippen LogP) is 11.2. The second-order valence-corrected chi connectivity index (χ2v) is 12.4. The second kappa shape index (κ2) is 9.36. The summed E-state index contributed by atoms with van der Waals surface area (Å²) < 4.78 is 11.2. The summed E-state index contributed by atoms with van der Waals surface area (Å²) in [6.07, 6.45) is 0. The van der Waals surface area contributed by atoms with Gasteiger partial charge in [-0.25, -0.2) is 4.98 Å². The molecule has 0 saturated carbocycles. The van der Waals surface area contributed by atoms with Gasteiger partial charge in [-0.1, -0.05) is 109 Å². The van der Waals surface area contributed by atoms with E-state index in [2.05, 4.69) is 120 Å². The van der Waals surface area contributed by atoms with Gasteiger partial charge < -0.3 is 4.42 Å². The fourth-order valence-corrected chi connectivity index (χ4v) is 8.11. The van der Waals surface area contributed by atoms with Crippen molar-refractivity contribution >= 4 is 75.4 Å². The number of furan rings is 1. The summed E-state index contributed by atoms with van der Waals surface area (Å²) in [6, 6.07) is 48.9. The van der Waals surface area contributed by atoms with Crippen molar-refractivity contribution in [2.24, 2.45) is 0 Å². The molecular weight excluding hydrogens is 571 g/mol. The maximum Gasteiger partial charge on any atom is 0.238 e. The minimum atomic E-state index is 0.579. The molecule has 0 spiro atoms. The number of thiophene rings is 1. The predicted molar refractivity (Wildman–Crippen MR) is 187 cm³/mol. The third kappa shape index (κ3) is 3.59. The molecule has 0 atom stereocenters. The minimum absolute atomic E-state index is 0.579. The van der Waals surface area contributed by atoms with Gasteiger partial charge in [-0.15, -0.1) is 11.3 Å². The zero-order chi connectivity index (χ0) is 29.5. The molecule has 4 heterocycles. The zero-order valence-corrected chi connectivity index (χ0v) is 24.8. The molecule has 0 radical (unpaired) electrons. The molecule has 0 bridgehead atoms. The molecule has 0 N–H and O–H groups in total. The molecule has 0 unspecified atom stereocenters. The van der Waals surface area contributed by atoms with Crippen LogP contribution in [0.15, 0.2) is 144 Å². The highest BCUT2D eigenvalue weighted by Gasteiger charge is 2.22. The third-order valence-electron chi connectivity index (χ3n) is 8.85. The Morgan fingerprint density at radius 2 is 1.24 bits per heavy atom. The van der Waals surface area contributed by atoms with E-state index in [1.165, 1.54) is 30.9 Å². The van der Waals surface area contributed by atoms with E-state index in [9.17, 15) is 0 Å². The van der Waals surface area contributed by atoms with Gasteiger partial charge >= 0.3 is 0 Å². The molecule has 210 valence electrons. The van der Waals surface area contributed by atoms with Gasteiger partial charge in [0.2, 0.25) is 11.7 Å². The molecule has 0 aliphatic carbocycles. The summed E-state index contributed by atoms with van der Waals surface area (Å²) >= 11 is 1.85. The fraction of sp³-hybridized carbons (Fsp3) is 0. The van der Waals surface area contributed by atoms with Crippen molar-refractivity contribution in [1.29, 1.82) is 0 Å². The average Bonchev–Trinajstić information content (AvgIpc) is 3.77. The molecular formula is C40H23N3OS. The minimum Gasteiger partial charge on any atom is -0.437 e. The van der Waals surface area contributed by atoms with Crippen molar-refractivity contribution in [2.45, 2.75) is 0 Å². The highest BCUT2D eigenvalue weighted by molar-refractivity contribution is 7.26. The average molecular weight is 594 g/mol. The van der Waals surface area contributed by atoms with Gasteiger partial charge in [0.05, 0.1) is 22.1 Å². The van der Waals surface area contributed by atoms with Crippen LogP contribution in [-0.2, 0) is 0 Å². The Hall–Kier alpha value is -5.78. The van der Waals surface area contributed by atoms with Gasteiger partial charge in [0, 0.05) is 41.9 Å². The first-order valence-corrected chi connectivity index (χ1v) is 15.8. The first-order chi connectivity index (χ1) is 22.3. The summed E-state index contributed by atoms with van der Waals surface area (Å²) in [5.74, 6) is 0.591. The van der Waals surface area contributed by atoms with Gasteiger partial charge in [0.15, 0.2) is 0 Å². The Labute approximate surface area is 261 Å². The van der Waals surface area contributed by atoms with E-state index in [4.69, 9.17) is 14.4 Å². The standard InChI is InChI=1S/C40H23N3OS/c1-2-11-24(12-3-1)25-13-10-14-26(23-25)37-36-30-17-5-8-19-33(30)44-39(36)42-40(41-37)43-31-18-7-4-16-29(31)35-32(43)22-21-28-27-15-6-9-20-34(27)45-38(28)35/h1-23H. The lowest BCUT2D eigenvalue weighted by molar-refractivity contribution is 0.651. The van der Waals surface area contributed by atoms with Gasteiger partial charge in [0.1, 0.15) is 5.58 Å². The third-order valence-corrected chi connectivity index (χ3v) is 10.1. The molecule has 4 aromatic heterocycles. The van der Waals surface area contributed by atoms with E-state index in [0.29, 0.717) is 11.7 Å². The van der Waals surface area contributed by atoms with Crippen LogP contribution in [0.25, 0.3) is 92.4 Å². The number of nitrogens with zero attached hydrogens (tertiary/aromatic N) is 3. The Balaban J connectivity index is 1.31. The largest absolute Gasteiger partial charge is 0.437 e. The molecule has 10 rings (SSSR count). The van der Waals surface area contributed by atoms with Crippen molar-refractivity contribution in [3.05, 3.63) is 140 Å². The number of fused-ring (bicyclic) bond motifs is 10. The van der Waals surface area contributed by atoms with Crippen LogP contribution in [0, 0.1) is 0 Å². The smallest absolute Gasteiger partial charge is 0.238 e. The lowest BCUT2D eigenvalue weighted by Gasteiger charge is -2.11. The monoisotopic (exact) mass is 593 g/mol. The van der Waals surface area contributed by atoms with Crippen LogP contribution < -0.4 is 0 Å². The van der Waals surface area contributed by atoms with E-state index in [-0.39, 0.29) is 0 Å². The summed E-state index contributed by atoms with van der Waals surface area (Å²) in [6.45, 7) is 0. The number of para-hydroxylation sites is 2. The van der Waals surface area contributed by atoms with E-state index >= 15 is 0 Å². The highest BCUT2D eigenvalue weighted by Crippen LogP contribution is 2.44. The van der Waals surface area contributed by atoms with Crippen LogP contribution in [0.1, 0.15) is 0 Å². The van der Waals surface area contributed by atoms with Crippen molar-refractivity contribution in [2.75, 3.05) is 0 Å². The Bertz CT molecular complexity index is 2770. The number of hydrogen-bond donors (Lipinski definition) is 0. The normalized spacial score (nSPS) is 12.0.